The Hall–Kier alpha value is -0.200. The van der Waals surface area contributed by atoms with E-state index >= 15 is 0 Å². The molecular weight excluding hydrogens is 268 g/mol. The first-order valence-electron chi connectivity index (χ1n) is 8.60. The number of nitrogens with zero attached hydrogens (tertiary/aromatic N) is 1. The predicted octanol–water partition coefficient (Wildman–Crippen LogP) is 1.01. The molecule has 2 unspecified atom stereocenters. The van der Waals surface area contributed by atoms with E-state index in [1.54, 1.807) is 0 Å². The molecule has 0 aromatic rings. The fourth-order valence-electron chi connectivity index (χ4n) is 2.77. The number of hydrogen-bond donors (Lipinski definition) is 2. The van der Waals surface area contributed by atoms with Crippen LogP contribution in [0.15, 0.2) is 0 Å². The SMILES string of the molecule is CCCCOCCOCC(O)CNC1CCN(C2CC2)C1. The van der Waals surface area contributed by atoms with Crippen molar-refractivity contribution in [1.29, 1.82) is 0 Å². The lowest BCUT2D eigenvalue weighted by atomic mass is 10.2. The fraction of sp³-hybridized carbons (Fsp3) is 1.00. The van der Waals surface area contributed by atoms with E-state index in [-0.39, 0.29) is 0 Å². The maximum atomic E-state index is 9.90. The van der Waals surface area contributed by atoms with Crippen molar-refractivity contribution in [1.82, 2.24) is 10.2 Å². The third-order valence-electron chi connectivity index (χ3n) is 4.25. The van der Waals surface area contributed by atoms with Gasteiger partial charge in [0.15, 0.2) is 0 Å². The van der Waals surface area contributed by atoms with Crippen molar-refractivity contribution in [2.24, 2.45) is 0 Å². The number of aliphatic hydroxyl groups excluding tert-OH is 1. The van der Waals surface area contributed by atoms with Crippen LogP contribution in [0.2, 0.25) is 0 Å². The largest absolute Gasteiger partial charge is 0.389 e. The molecule has 2 atom stereocenters. The van der Waals surface area contributed by atoms with Crippen molar-refractivity contribution < 1.29 is 14.6 Å². The first-order chi connectivity index (χ1) is 10.3. The molecule has 0 aromatic carbocycles. The Bertz CT molecular complexity index is 274. The fourth-order valence-corrected chi connectivity index (χ4v) is 2.77. The van der Waals surface area contributed by atoms with Gasteiger partial charge in [0.25, 0.3) is 0 Å². The van der Waals surface area contributed by atoms with Crippen molar-refractivity contribution in [2.75, 3.05) is 46.1 Å². The second-order valence-corrected chi connectivity index (χ2v) is 6.31. The van der Waals surface area contributed by atoms with Gasteiger partial charge in [0.1, 0.15) is 0 Å². The van der Waals surface area contributed by atoms with Gasteiger partial charge < -0.3 is 19.9 Å². The van der Waals surface area contributed by atoms with Gasteiger partial charge in [0, 0.05) is 38.3 Å². The minimum absolute atomic E-state index is 0.392. The number of nitrogens with one attached hydrogen (secondary N) is 1. The normalized spacial score (nSPS) is 24.6. The monoisotopic (exact) mass is 300 g/mol. The molecule has 124 valence electrons. The lowest BCUT2D eigenvalue weighted by Crippen LogP contribution is -2.39. The van der Waals surface area contributed by atoms with Crippen LogP contribution in [0.25, 0.3) is 0 Å². The summed E-state index contributed by atoms with van der Waals surface area (Å²) in [6, 6.07) is 1.40. The molecule has 2 N–H and O–H groups in total. The van der Waals surface area contributed by atoms with E-state index < -0.39 is 6.10 Å². The Morgan fingerprint density at radius 1 is 1.19 bits per heavy atom. The van der Waals surface area contributed by atoms with E-state index in [1.165, 1.54) is 25.8 Å². The van der Waals surface area contributed by atoms with E-state index in [1.807, 2.05) is 0 Å². The van der Waals surface area contributed by atoms with E-state index in [2.05, 4.69) is 17.1 Å². The summed E-state index contributed by atoms with van der Waals surface area (Å²) in [6.07, 6.45) is 5.80. The zero-order valence-corrected chi connectivity index (χ0v) is 13.4. The van der Waals surface area contributed by atoms with Crippen molar-refractivity contribution in [3.8, 4) is 0 Å². The number of unbranched alkanes of at least 4 members (excludes halogenated alkanes) is 1. The second kappa shape index (κ2) is 9.74. The van der Waals surface area contributed by atoms with Gasteiger partial charge in [0.05, 0.1) is 25.9 Å². The molecule has 2 fully saturated rings. The second-order valence-electron chi connectivity index (χ2n) is 6.31. The topological polar surface area (TPSA) is 54.0 Å². The molecule has 5 nitrogen and oxygen atoms in total. The molecule has 5 heteroatoms. The average Bonchev–Trinajstić information content (AvgIpc) is 3.23. The van der Waals surface area contributed by atoms with Crippen LogP contribution in [0, 0.1) is 0 Å². The van der Waals surface area contributed by atoms with Crippen molar-refractivity contribution >= 4 is 0 Å². The Labute approximate surface area is 129 Å². The van der Waals surface area contributed by atoms with E-state index in [4.69, 9.17) is 9.47 Å². The molecule has 1 aliphatic carbocycles. The molecule has 1 saturated carbocycles. The number of hydrogen-bond acceptors (Lipinski definition) is 5. The third kappa shape index (κ3) is 7.06. The number of rotatable bonds is 12. The Balaban J connectivity index is 1.40. The Kier molecular flexibility index (Phi) is 7.96. The summed E-state index contributed by atoms with van der Waals surface area (Å²) < 4.78 is 10.8. The van der Waals surface area contributed by atoms with Gasteiger partial charge in [0.2, 0.25) is 0 Å². The summed E-state index contributed by atoms with van der Waals surface area (Å²) >= 11 is 0. The molecular formula is C16H32N2O3. The van der Waals surface area contributed by atoms with Gasteiger partial charge in [-0.05, 0) is 25.7 Å². The van der Waals surface area contributed by atoms with Crippen LogP contribution in [0.5, 0.6) is 0 Å². The smallest absolute Gasteiger partial charge is 0.0897 e. The zero-order chi connectivity index (χ0) is 14.9. The van der Waals surface area contributed by atoms with Gasteiger partial charge >= 0.3 is 0 Å². The van der Waals surface area contributed by atoms with Crippen LogP contribution in [-0.4, -0.2) is 74.3 Å². The first kappa shape index (κ1) is 17.2. The summed E-state index contributed by atoms with van der Waals surface area (Å²) in [5.41, 5.74) is 0. The highest BCUT2D eigenvalue weighted by atomic mass is 16.5. The molecule has 1 heterocycles. The Morgan fingerprint density at radius 3 is 2.76 bits per heavy atom. The molecule has 21 heavy (non-hydrogen) atoms. The van der Waals surface area contributed by atoms with Crippen LogP contribution < -0.4 is 5.32 Å². The minimum atomic E-state index is -0.421. The maximum absolute atomic E-state index is 9.90. The summed E-state index contributed by atoms with van der Waals surface area (Å²) in [7, 11) is 0. The maximum Gasteiger partial charge on any atom is 0.0897 e. The number of aliphatic hydroxyl groups is 1. The summed E-state index contributed by atoms with van der Waals surface area (Å²) in [5.74, 6) is 0. The van der Waals surface area contributed by atoms with E-state index in [0.717, 1.165) is 32.0 Å². The van der Waals surface area contributed by atoms with Crippen LogP contribution in [0.3, 0.4) is 0 Å². The molecule has 1 saturated heterocycles. The standard InChI is InChI=1S/C16H32N2O3/c1-2-3-8-20-9-10-21-13-16(19)11-17-14-6-7-18(12-14)15-4-5-15/h14-17,19H,2-13H2,1H3. The van der Waals surface area contributed by atoms with E-state index in [9.17, 15) is 5.11 Å². The lowest BCUT2D eigenvalue weighted by molar-refractivity contribution is 0.00327. The first-order valence-corrected chi connectivity index (χ1v) is 8.60. The summed E-state index contributed by atoms with van der Waals surface area (Å²) in [4.78, 5) is 2.58. The highest BCUT2D eigenvalue weighted by molar-refractivity contribution is 4.91. The highest BCUT2D eigenvalue weighted by Crippen LogP contribution is 2.29. The van der Waals surface area contributed by atoms with E-state index in [0.29, 0.717) is 32.4 Å². The lowest BCUT2D eigenvalue weighted by Gasteiger charge is -2.18. The van der Waals surface area contributed by atoms with Gasteiger partial charge in [-0.1, -0.05) is 13.3 Å². The van der Waals surface area contributed by atoms with Crippen molar-refractivity contribution in [2.45, 2.75) is 57.2 Å². The number of likely N-dealkylation sites (tertiary alicyclic amines) is 1. The molecule has 0 bridgehead atoms. The molecule has 1 aliphatic heterocycles. The van der Waals surface area contributed by atoms with Gasteiger partial charge in [-0.25, -0.2) is 0 Å². The highest BCUT2D eigenvalue weighted by Gasteiger charge is 2.34. The van der Waals surface area contributed by atoms with Gasteiger partial charge in [-0.3, -0.25) is 4.90 Å². The molecule has 2 aliphatic rings. The van der Waals surface area contributed by atoms with Gasteiger partial charge in [-0.15, -0.1) is 0 Å². The van der Waals surface area contributed by atoms with Crippen LogP contribution in [0.1, 0.15) is 39.0 Å². The summed E-state index contributed by atoms with van der Waals surface area (Å²) in [6.45, 7) is 7.52. The Morgan fingerprint density at radius 2 is 2.00 bits per heavy atom. The zero-order valence-electron chi connectivity index (χ0n) is 13.4. The third-order valence-corrected chi connectivity index (χ3v) is 4.25. The molecule has 0 amide bonds. The molecule has 2 rings (SSSR count). The van der Waals surface area contributed by atoms with Crippen LogP contribution in [-0.2, 0) is 9.47 Å². The van der Waals surface area contributed by atoms with Crippen LogP contribution in [0.4, 0.5) is 0 Å². The molecule has 0 aromatic heterocycles. The average molecular weight is 300 g/mol. The summed E-state index contributed by atoms with van der Waals surface area (Å²) in [5, 5.41) is 13.4. The van der Waals surface area contributed by atoms with Gasteiger partial charge in [-0.2, -0.15) is 0 Å². The minimum Gasteiger partial charge on any atom is -0.389 e. The van der Waals surface area contributed by atoms with Crippen molar-refractivity contribution in [3.63, 3.8) is 0 Å². The van der Waals surface area contributed by atoms with Crippen molar-refractivity contribution in [3.05, 3.63) is 0 Å². The number of ether oxygens (including phenoxy) is 2. The quantitative estimate of drug-likeness (QED) is 0.527. The molecule has 0 radical (unpaired) electrons. The van der Waals surface area contributed by atoms with Crippen LogP contribution >= 0.6 is 0 Å². The molecule has 0 spiro atoms. The predicted molar refractivity (Wildman–Crippen MR) is 83.6 cm³/mol.